The lowest BCUT2D eigenvalue weighted by atomic mass is 9.98. The summed E-state index contributed by atoms with van der Waals surface area (Å²) in [6.45, 7) is 3.24. The first-order valence-electron chi connectivity index (χ1n) is 7.89. The average molecular weight is 317 g/mol. The van der Waals surface area contributed by atoms with Crippen LogP contribution in [0, 0.1) is 0 Å². The maximum absolute atomic E-state index is 14.2. The van der Waals surface area contributed by atoms with Gasteiger partial charge in [0, 0.05) is 6.54 Å². The van der Waals surface area contributed by atoms with Crippen molar-refractivity contribution >= 4 is 0 Å². The number of benzene rings is 2. The molecule has 4 heteroatoms. The number of hydrogen-bond acceptors (Lipinski definition) is 3. The van der Waals surface area contributed by atoms with Gasteiger partial charge in [0.05, 0.1) is 12.1 Å². The van der Waals surface area contributed by atoms with Crippen molar-refractivity contribution in [3.8, 4) is 0 Å². The normalized spacial score (nSPS) is 15.3. The minimum absolute atomic E-state index is 0.0885. The third-order valence-corrected chi connectivity index (χ3v) is 3.70. The fourth-order valence-corrected chi connectivity index (χ4v) is 2.51. The van der Waals surface area contributed by atoms with Crippen LogP contribution in [0.5, 0.6) is 0 Å². The van der Waals surface area contributed by atoms with E-state index >= 15 is 0 Å². The summed E-state index contributed by atoms with van der Waals surface area (Å²) in [5, 5.41) is 12.5. The molecule has 0 aliphatic heterocycles. The van der Waals surface area contributed by atoms with Crippen molar-refractivity contribution in [1.82, 2.24) is 5.32 Å². The fourth-order valence-electron chi connectivity index (χ4n) is 2.51. The van der Waals surface area contributed by atoms with Crippen LogP contribution in [0.4, 0.5) is 4.39 Å². The van der Waals surface area contributed by atoms with E-state index in [1.54, 1.807) is 6.92 Å². The predicted molar refractivity (Wildman–Crippen MR) is 89.9 cm³/mol. The summed E-state index contributed by atoms with van der Waals surface area (Å²) in [5.74, 6) is 0. The number of nitrogens with one attached hydrogen (secondary N) is 1. The van der Waals surface area contributed by atoms with Crippen LogP contribution in [0.15, 0.2) is 60.7 Å². The van der Waals surface area contributed by atoms with Crippen molar-refractivity contribution in [2.75, 3.05) is 6.54 Å². The lowest BCUT2D eigenvalue weighted by Crippen LogP contribution is -2.36. The van der Waals surface area contributed by atoms with Gasteiger partial charge in [-0.25, -0.2) is 4.39 Å². The van der Waals surface area contributed by atoms with Crippen molar-refractivity contribution in [3.63, 3.8) is 0 Å². The molecule has 0 fully saturated rings. The molecule has 3 atom stereocenters. The first-order chi connectivity index (χ1) is 11.1. The summed E-state index contributed by atoms with van der Waals surface area (Å²) in [5.41, 5.74) is 2.16. The average Bonchev–Trinajstić information content (AvgIpc) is 2.56. The Bertz CT molecular complexity index is 523. The number of alkyl halides is 1. The Morgan fingerprint density at radius 3 is 1.87 bits per heavy atom. The number of ether oxygens (including phenoxy) is 1. The molecule has 0 amide bonds. The lowest BCUT2D eigenvalue weighted by molar-refractivity contribution is -0.136. The van der Waals surface area contributed by atoms with Crippen LogP contribution in [0.3, 0.4) is 0 Å². The van der Waals surface area contributed by atoms with E-state index in [2.05, 4.69) is 5.32 Å². The van der Waals surface area contributed by atoms with E-state index in [-0.39, 0.29) is 12.6 Å². The molecule has 124 valence electrons. The van der Waals surface area contributed by atoms with Gasteiger partial charge in [-0.05, 0) is 25.0 Å². The van der Waals surface area contributed by atoms with Crippen LogP contribution < -0.4 is 5.32 Å². The van der Waals surface area contributed by atoms with Gasteiger partial charge in [0.25, 0.3) is 0 Å². The summed E-state index contributed by atoms with van der Waals surface area (Å²) in [6.07, 6.45) is -2.85. The second-order valence-corrected chi connectivity index (χ2v) is 5.62. The predicted octanol–water partition coefficient (Wildman–Crippen LogP) is 3.45. The molecule has 3 unspecified atom stereocenters. The zero-order chi connectivity index (χ0) is 16.7. The summed E-state index contributed by atoms with van der Waals surface area (Å²) >= 11 is 0. The van der Waals surface area contributed by atoms with Gasteiger partial charge < -0.3 is 15.2 Å². The van der Waals surface area contributed by atoms with Gasteiger partial charge in [0.1, 0.15) is 6.17 Å². The number of hydrogen-bond donors (Lipinski definition) is 2. The highest BCUT2D eigenvalue weighted by Gasteiger charge is 2.21. The molecule has 0 aliphatic carbocycles. The third-order valence-electron chi connectivity index (χ3n) is 3.70. The molecule has 0 bridgehead atoms. The molecule has 23 heavy (non-hydrogen) atoms. The van der Waals surface area contributed by atoms with Gasteiger partial charge >= 0.3 is 0 Å². The molecule has 0 aromatic heterocycles. The van der Waals surface area contributed by atoms with Crippen molar-refractivity contribution < 1.29 is 14.2 Å². The Balaban J connectivity index is 2.07. The van der Waals surface area contributed by atoms with Crippen LogP contribution in [-0.4, -0.2) is 30.2 Å². The molecular weight excluding hydrogens is 293 g/mol. The fraction of sp³-hybridized carbons (Fsp3) is 0.368. The number of aliphatic hydroxyl groups is 1. The van der Waals surface area contributed by atoms with Crippen LogP contribution in [0.1, 0.15) is 31.0 Å². The monoisotopic (exact) mass is 317 g/mol. The Hall–Kier alpha value is -1.75. The van der Waals surface area contributed by atoms with Gasteiger partial charge in [-0.2, -0.15) is 0 Å². The van der Waals surface area contributed by atoms with Gasteiger partial charge in [0.2, 0.25) is 0 Å². The molecule has 2 aromatic carbocycles. The first kappa shape index (κ1) is 17.6. The maximum Gasteiger partial charge on any atom is 0.152 e. The zero-order valence-electron chi connectivity index (χ0n) is 13.5. The Labute approximate surface area is 137 Å². The topological polar surface area (TPSA) is 41.5 Å². The molecule has 0 spiro atoms. The summed E-state index contributed by atoms with van der Waals surface area (Å²) < 4.78 is 19.3. The van der Waals surface area contributed by atoms with Crippen LogP contribution in [0.25, 0.3) is 0 Å². The van der Waals surface area contributed by atoms with Crippen molar-refractivity contribution in [2.45, 2.75) is 38.5 Å². The summed E-state index contributed by atoms with van der Waals surface area (Å²) in [7, 11) is 0. The molecule has 2 aromatic rings. The molecule has 2 N–H and O–H groups in total. The Morgan fingerprint density at radius 1 is 0.957 bits per heavy atom. The van der Waals surface area contributed by atoms with Gasteiger partial charge in [-0.3, -0.25) is 0 Å². The number of rotatable bonds is 8. The van der Waals surface area contributed by atoms with Crippen LogP contribution in [0.2, 0.25) is 0 Å². The number of aliphatic hydroxyl groups excluding tert-OH is 1. The smallest absolute Gasteiger partial charge is 0.152 e. The highest BCUT2D eigenvalue weighted by molar-refractivity contribution is 5.31. The van der Waals surface area contributed by atoms with E-state index in [4.69, 9.17) is 4.74 Å². The van der Waals surface area contributed by atoms with Crippen LogP contribution in [-0.2, 0) is 4.74 Å². The standard InChI is InChI=1S/C19H24FNO2/c1-14(23-15(2)22)18(20)13-21-19(16-9-5-3-6-10-16)17-11-7-4-8-12-17/h3-12,14-15,18-19,21-22H,13H2,1-2H3. The zero-order valence-corrected chi connectivity index (χ0v) is 13.5. The lowest BCUT2D eigenvalue weighted by Gasteiger charge is -2.24. The van der Waals surface area contributed by atoms with E-state index in [9.17, 15) is 9.50 Å². The molecule has 3 nitrogen and oxygen atoms in total. The third kappa shape index (κ3) is 5.43. The second kappa shape index (κ2) is 8.77. The van der Waals surface area contributed by atoms with Crippen molar-refractivity contribution in [3.05, 3.63) is 71.8 Å². The first-order valence-corrected chi connectivity index (χ1v) is 7.89. The van der Waals surface area contributed by atoms with E-state index in [1.807, 2.05) is 60.7 Å². The van der Waals surface area contributed by atoms with E-state index < -0.39 is 18.6 Å². The van der Waals surface area contributed by atoms with Crippen molar-refractivity contribution in [2.24, 2.45) is 0 Å². The molecule has 0 heterocycles. The Morgan fingerprint density at radius 2 is 1.43 bits per heavy atom. The summed E-state index contributed by atoms with van der Waals surface area (Å²) in [4.78, 5) is 0. The molecule has 0 saturated heterocycles. The maximum atomic E-state index is 14.2. The minimum Gasteiger partial charge on any atom is -0.368 e. The van der Waals surface area contributed by atoms with Gasteiger partial charge in [0.15, 0.2) is 6.29 Å². The molecule has 0 saturated carbocycles. The minimum atomic E-state index is -1.21. The molecule has 2 rings (SSSR count). The van der Waals surface area contributed by atoms with Crippen LogP contribution >= 0.6 is 0 Å². The van der Waals surface area contributed by atoms with Gasteiger partial charge in [-0.1, -0.05) is 60.7 Å². The molecular formula is C19H24FNO2. The SMILES string of the molecule is CC(O)OC(C)C(F)CNC(c1ccccc1)c1ccccc1. The highest BCUT2D eigenvalue weighted by Crippen LogP contribution is 2.22. The molecule has 0 radical (unpaired) electrons. The summed E-state index contributed by atoms with van der Waals surface area (Å²) in [6, 6.07) is 19.8. The van der Waals surface area contributed by atoms with E-state index in [0.717, 1.165) is 11.1 Å². The largest absolute Gasteiger partial charge is 0.368 e. The Kier molecular flexibility index (Phi) is 6.71. The highest BCUT2D eigenvalue weighted by atomic mass is 19.1. The second-order valence-electron chi connectivity index (χ2n) is 5.62. The van der Waals surface area contributed by atoms with Gasteiger partial charge in [-0.15, -0.1) is 0 Å². The molecule has 0 aliphatic rings. The number of halogens is 1. The van der Waals surface area contributed by atoms with Crippen molar-refractivity contribution in [1.29, 1.82) is 0 Å². The van der Waals surface area contributed by atoms with E-state index in [1.165, 1.54) is 6.92 Å². The van der Waals surface area contributed by atoms with E-state index in [0.29, 0.717) is 0 Å². The quantitative estimate of drug-likeness (QED) is 0.733.